The first-order valence-electron chi connectivity index (χ1n) is 19.0. The third-order valence-electron chi connectivity index (χ3n) is 13.8. The number of allylic oxidation sites excluding steroid dienone is 2. The maximum atomic E-state index is 3.04. The van der Waals surface area contributed by atoms with Crippen molar-refractivity contribution < 1.29 is 17.1 Å². The molecule has 0 N–H and O–H groups in total. The van der Waals surface area contributed by atoms with Crippen molar-refractivity contribution in [3.05, 3.63) is 129 Å². The molecule has 0 radical (unpaired) electrons. The van der Waals surface area contributed by atoms with Crippen LogP contribution in [-0.2, 0) is 17.1 Å². The summed E-state index contributed by atoms with van der Waals surface area (Å²) in [7, 11) is 0. The molecule has 0 aliphatic heterocycles. The monoisotopic (exact) mass is 814 g/mol. The molecule has 4 aromatic rings. The molecule has 2 atom stereocenters. The normalized spacial score (nSPS) is 20.9. The molecule has 0 amide bonds. The van der Waals surface area contributed by atoms with E-state index in [9.17, 15) is 0 Å². The van der Waals surface area contributed by atoms with Gasteiger partial charge in [0.1, 0.15) is 0 Å². The van der Waals surface area contributed by atoms with Gasteiger partial charge in [0.15, 0.2) is 0 Å². The van der Waals surface area contributed by atoms with Crippen LogP contribution in [0.15, 0.2) is 84.9 Å². The van der Waals surface area contributed by atoms with Crippen molar-refractivity contribution in [3.8, 4) is 22.3 Å². The summed E-state index contributed by atoms with van der Waals surface area (Å²) < 4.78 is 7.27. The van der Waals surface area contributed by atoms with Crippen LogP contribution >= 0.6 is 0 Å². The molecule has 2 unspecified atom stereocenters. The van der Waals surface area contributed by atoms with Crippen molar-refractivity contribution in [1.82, 2.24) is 0 Å². The van der Waals surface area contributed by atoms with E-state index < -0.39 is 22.6 Å². The van der Waals surface area contributed by atoms with Crippen molar-refractivity contribution in [1.29, 1.82) is 0 Å². The van der Waals surface area contributed by atoms with Crippen molar-refractivity contribution in [2.45, 2.75) is 107 Å². The van der Waals surface area contributed by atoms with E-state index in [1.165, 1.54) is 107 Å². The quantitative estimate of drug-likeness (QED) is 0.170. The van der Waals surface area contributed by atoms with E-state index in [-0.39, 0.29) is 0 Å². The molecule has 2 heteroatoms. The third-order valence-corrected chi connectivity index (χ3v) is 69.4. The van der Waals surface area contributed by atoms with Crippen LogP contribution in [0.25, 0.3) is 34.4 Å². The van der Waals surface area contributed by atoms with Gasteiger partial charge in [0, 0.05) is 0 Å². The number of hydrogen-bond donors (Lipinski definition) is 0. The maximum absolute atomic E-state index is 4.05. The van der Waals surface area contributed by atoms with Crippen LogP contribution in [0.3, 0.4) is 0 Å². The summed E-state index contributed by atoms with van der Waals surface area (Å²) >= 11 is -4.05. The molecule has 4 aliphatic carbocycles. The predicted molar refractivity (Wildman–Crippen MR) is 208 cm³/mol. The van der Waals surface area contributed by atoms with Gasteiger partial charge < -0.3 is 0 Å². The molecule has 2 fully saturated rings. The zero-order valence-corrected chi connectivity index (χ0v) is 34.8. The zero-order chi connectivity index (χ0) is 33.2. The molecule has 4 aromatic carbocycles. The van der Waals surface area contributed by atoms with E-state index in [0.29, 0.717) is 7.35 Å². The fourth-order valence-corrected chi connectivity index (χ4v) is 78.7. The van der Waals surface area contributed by atoms with Gasteiger partial charge in [-0.1, -0.05) is 0 Å². The van der Waals surface area contributed by atoms with Crippen LogP contribution in [0.4, 0.5) is 0 Å². The Morgan fingerprint density at radius 1 is 0.500 bits per heavy atom. The van der Waals surface area contributed by atoms with Gasteiger partial charge in [0.25, 0.3) is 0 Å². The van der Waals surface area contributed by atoms with Crippen molar-refractivity contribution in [2.75, 3.05) is 0 Å². The Kier molecular flexibility index (Phi) is 8.39. The van der Waals surface area contributed by atoms with Gasteiger partial charge in [-0.3, -0.25) is 0 Å². The zero-order valence-electron chi connectivity index (χ0n) is 30.2. The fraction of sp³-hybridized carbons (Fsp3) is 0.391. The van der Waals surface area contributed by atoms with E-state index in [0.717, 1.165) is 11.1 Å². The SMILES string of the molecule is Cc1cccc(C)c1-c1cccc2c1C=C[CH]2[Hf]([CH3])([CH3])([CH]1C=Cc2c(-c3c(C)cccc3C)cccc21)=[Si](C1CCCC1)C1CCCC1. The van der Waals surface area contributed by atoms with Crippen molar-refractivity contribution in [3.63, 3.8) is 0 Å². The summed E-state index contributed by atoms with van der Waals surface area (Å²) in [4.78, 5) is 0. The molecule has 246 valence electrons. The van der Waals surface area contributed by atoms with E-state index in [1.54, 1.807) is 11.1 Å². The average molecular weight is 814 g/mol. The summed E-state index contributed by atoms with van der Waals surface area (Å²) in [5, 5.41) is 0. The Morgan fingerprint density at radius 3 is 1.23 bits per heavy atom. The molecular weight excluding hydrogens is 759 g/mol. The average Bonchev–Trinajstić information content (AvgIpc) is 3.89. The molecule has 48 heavy (non-hydrogen) atoms. The second-order valence-corrected chi connectivity index (χ2v) is 61.8. The number of fused-ring (bicyclic) bond motifs is 2. The summed E-state index contributed by atoms with van der Waals surface area (Å²) in [6.07, 6.45) is 22.6. The standard InChI is InChI=1S/2C17H15.C10H18Si.2CH3.Hf/c2*1-12-6-3-7-13(2)17(12)16-11-5-9-14-8-4-10-15(14)16;1-2-6-9(5-1)11-10-7-3-4-8-10;;;/h2*3-11H,1-2H3;9-10H,1-8H2;2*1H3;. The first-order chi connectivity index (χ1) is 23.2. The van der Waals surface area contributed by atoms with E-state index in [4.69, 9.17) is 0 Å². The molecule has 0 bridgehead atoms. The Balaban J connectivity index is 1.41. The van der Waals surface area contributed by atoms with Gasteiger partial charge in [-0.25, -0.2) is 0 Å². The van der Waals surface area contributed by atoms with Gasteiger partial charge in [0.2, 0.25) is 0 Å². The number of rotatable bonds is 6. The molecule has 0 heterocycles. The second-order valence-electron chi connectivity index (χ2n) is 16.9. The Bertz CT molecular complexity index is 1870. The molecule has 0 nitrogen and oxygen atoms in total. The predicted octanol–water partition coefficient (Wildman–Crippen LogP) is 13.8. The van der Waals surface area contributed by atoms with Gasteiger partial charge in [-0.15, -0.1) is 0 Å². The Labute approximate surface area is 291 Å². The summed E-state index contributed by atoms with van der Waals surface area (Å²) in [5.74, 6) is 0. The fourth-order valence-electron chi connectivity index (χ4n) is 11.8. The Hall–Kier alpha value is -2.55. The van der Waals surface area contributed by atoms with Crippen LogP contribution in [-0.4, -0.2) is 5.49 Å². The first-order valence-corrected chi connectivity index (χ1v) is 37.4. The first kappa shape index (κ1) is 32.6. The molecule has 0 spiro atoms. The number of aryl methyl sites for hydroxylation is 4. The minimum absolute atomic E-state index is 0.598. The van der Waals surface area contributed by atoms with Gasteiger partial charge in [-0.05, 0) is 0 Å². The third kappa shape index (κ3) is 4.97. The van der Waals surface area contributed by atoms with Crippen LogP contribution in [0, 0.1) is 27.7 Å². The van der Waals surface area contributed by atoms with Crippen molar-refractivity contribution >= 4 is 17.6 Å². The second kappa shape index (κ2) is 12.3. The minimum atomic E-state index is -4.05. The topological polar surface area (TPSA) is 0 Å². The summed E-state index contributed by atoms with van der Waals surface area (Å²) in [5.41, 5.74) is 19.1. The number of benzene rings is 4. The van der Waals surface area contributed by atoms with E-state index in [1.807, 2.05) is 0 Å². The molecule has 0 aromatic heterocycles. The number of hydrogen-bond acceptors (Lipinski definition) is 0. The molecule has 4 aliphatic rings. The van der Waals surface area contributed by atoms with Gasteiger partial charge >= 0.3 is 293 Å². The van der Waals surface area contributed by atoms with Crippen LogP contribution in [0.5, 0.6) is 0 Å². The molecule has 2 saturated carbocycles. The van der Waals surface area contributed by atoms with Crippen molar-refractivity contribution in [2.24, 2.45) is 0 Å². The summed E-state index contributed by atoms with van der Waals surface area (Å²) in [6.45, 7) is 9.22. The van der Waals surface area contributed by atoms with Crippen LogP contribution in [0.2, 0.25) is 20.4 Å². The van der Waals surface area contributed by atoms with E-state index >= 15 is 0 Å². The summed E-state index contributed by atoms with van der Waals surface area (Å²) in [6, 6.07) is 28.4. The van der Waals surface area contributed by atoms with E-state index in [2.05, 4.69) is 134 Å². The molecule has 0 saturated heterocycles. The molecule has 8 rings (SSSR count). The van der Waals surface area contributed by atoms with Crippen LogP contribution < -0.4 is 0 Å². The van der Waals surface area contributed by atoms with Gasteiger partial charge in [0.05, 0.1) is 0 Å². The van der Waals surface area contributed by atoms with Gasteiger partial charge in [-0.2, -0.15) is 0 Å². The van der Waals surface area contributed by atoms with Crippen LogP contribution in [0.1, 0.15) is 103 Å². The Morgan fingerprint density at radius 2 is 0.854 bits per heavy atom. The molecular formula is C46H54HfSi.